The maximum atomic E-state index is 13.5. The highest BCUT2D eigenvalue weighted by atomic mass is 16.4. The molecule has 1 aliphatic rings. The van der Waals surface area contributed by atoms with Crippen molar-refractivity contribution in [2.24, 2.45) is 0 Å². The van der Waals surface area contributed by atoms with Crippen molar-refractivity contribution >= 4 is 17.7 Å². The van der Waals surface area contributed by atoms with Crippen molar-refractivity contribution < 1.29 is 14.7 Å². The van der Waals surface area contributed by atoms with Gasteiger partial charge in [0.15, 0.2) is 0 Å². The van der Waals surface area contributed by atoms with Crippen LogP contribution in [-0.4, -0.2) is 40.1 Å². The lowest BCUT2D eigenvalue weighted by atomic mass is 9.69. The zero-order chi connectivity index (χ0) is 21.2. The molecule has 0 radical (unpaired) electrons. The normalized spacial score (nSPS) is 15.9. The first kappa shape index (κ1) is 20.6. The molecule has 2 heterocycles. The quantitative estimate of drug-likeness (QED) is 0.735. The minimum absolute atomic E-state index is 0.197. The summed E-state index contributed by atoms with van der Waals surface area (Å²) in [6.07, 6.45) is -0.261. The number of hydrogen-bond donors (Lipinski definition) is 3. The van der Waals surface area contributed by atoms with Crippen LogP contribution < -0.4 is 10.9 Å². The van der Waals surface area contributed by atoms with Gasteiger partial charge in [0, 0.05) is 18.8 Å². The fourth-order valence-corrected chi connectivity index (χ4v) is 4.05. The Hall–Kier alpha value is -3.09. The van der Waals surface area contributed by atoms with E-state index in [1.54, 1.807) is 19.1 Å². The molecule has 154 valence electrons. The lowest BCUT2D eigenvalue weighted by molar-refractivity contribution is -0.123. The number of aryl methyl sites for hydroxylation is 1. The number of piperidine rings is 1. The predicted octanol–water partition coefficient (Wildman–Crippen LogP) is 3.46. The Morgan fingerprint density at radius 2 is 1.79 bits per heavy atom. The maximum absolute atomic E-state index is 13.5. The number of carbonyl (C=O) groups excluding carboxylic acids is 1. The smallest absolute Gasteiger partial charge is 0.407 e. The molecule has 0 spiro atoms. The van der Waals surface area contributed by atoms with Gasteiger partial charge in [0.05, 0.1) is 5.41 Å². The van der Waals surface area contributed by atoms with E-state index in [0.29, 0.717) is 18.5 Å². The summed E-state index contributed by atoms with van der Waals surface area (Å²) in [5, 5.41) is 12.1. The van der Waals surface area contributed by atoms with Crippen molar-refractivity contribution in [2.75, 3.05) is 18.4 Å². The summed E-state index contributed by atoms with van der Waals surface area (Å²) < 4.78 is 0. The molecule has 1 aromatic heterocycles. The van der Waals surface area contributed by atoms with Gasteiger partial charge in [0.2, 0.25) is 5.91 Å². The molecular formula is C22H27N3O4. The number of anilines is 1. The van der Waals surface area contributed by atoms with Crippen LogP contribution in [0, 0.1) is 6.92 Å². The molecule has 7 nitrogen and oxygen atoms in total. The third kappa shape index (κ3) is 4.04. The van der Waals surface area contributed by atoms with Crippen LogP contribution >= 0.6 is 0 Å². The summed E-state index contributed by atoms with van der Waals surface area (Å²) >= 11 is 0. The zero-order valence-electron chi connectivity index (χ0n) is 17.0. The molecule has 29 heavy (non-hydrogen) atoms. The Morgan fingerprint density at radius 1 is 1.14 bits per heavy atom. The highest BCUT2D eigenvalue weighted by Gasteiger charge is 2.45. The first-order chi connectivity index (χ1) is 13.7. The number of likely N-dealkylation sites (tertiary alicyclic amines) is 1. The van der Waals surface area contributed by atoms with Crippen LogP contribution in [0.2, 0.25) is 0 Å². The number of H-pyrrole nitrogens is 1. The number of carbonyl (C=O) groups is 2. The van der Waals surface area contributed by atoms with Crippen LogP contribution in [0.3, 0.4) is 0 Å². The van der Waals surface area contributed by atoms with E-state index in [-0.39, 0.29) is 36.2 Å². The summed E-state index contributed by atoms with van der Waals surface area (Å²) in [7, 11) is 0. The topological polar surface area (TPSA) is 102 Å². The maximum Gasteiger partial charge on any atom is 0.407 e. The fraction of sp³-hybridized carbons (Fsp3) is 0.409. The molecule has 3 N–H and O–H groups in total. The summed E-state index contributed by atoms with van der Waals surface area (Å²) in [6.45, 7) is 6.44. The Bertz CT molecular complexity index is 972. The average molecular weight is 397 g/mol. The summed E-state index contributed by atoms with van der Waals surface area (Å²) in [5.74, 6) is -0.0684. The molecular weight excluding hydrogens is 370 g/mol. The van der Waals surface area contributed by atoms with Crippen molar-refractivity contribution in [2.45, 2.75) is 44.9 Å². The molecule has 0 atom stereocenters. The van der Waals surface area contributed by atoms with Gasteiger partial charge in [-0.05, 0) is 48.9 Å². The Morgan fingerprint density at radius 3 is 2.38 bits per heavy atom. The van der Waals surface area contributed by atoms with Gasteiger partial charge in [0.25, 0.3) is 5.56 Å². The minimum atomic E-state index is -0.980. The van der Waals surface area contributed by atoms with Gasteiger partial charge >= 0.3 is 6.09 Å². The number of nitrogens with zero attached hydrogens (tertiary/aromatic N) is 1. The second-order valence-corrected chi connectivity index (χ2v) is 7.93. The lowest BCUT2D eigenvalue weighted by Gasteiger charge is -2.41. The first-order valence-corrected chi connectivity index (χ1v) is 9.83. The molecule has 1 aliphatic heterocycles. The van der Waals surface area contributed by atoms with Crippen molar-refractivity contribution in [3.63, 3.8) is 0 Å². The lowest BCUT2D eigenvalue weighted by Crippen LogP contribution is -2.51. The summed E-state index contributed by atoms with van der Waals surface area (Å²) in [5.41, 5.74) is 1.62. The molecule has 0 bridgehead atoms. The Labute approximate surface area is 169 Å². The summed E-state index contributed by atoms with van der Waals surface area (Å²) in [4.78, 5) is 41.2. The summed E-state index contributed by atoms with van der Waals surface area (Å²) in [6, 6.07) is 11.1. The van der Waals surface area contributed by atoms with Crippen LogP contribution in [0.4, 0.5) is 10.5 Å². The van der Waals surface area contributed by atoms with Gasteiger partial charge in [0.1, 0.15) is 5.69 Å². The molecule has 1 aromatic carbocycles. The molecule has 2 aromatic rings. The second kappa shape index (κ2) is 8.11. The molecule has 0 saturated carbocycles. The zero-order valence-corrected chi connectivity index (χ0v) is 17.0. The highest BCUT2D eigenvalue weighted by Crippen LogP contribution is 2.40. The number of carboxylic acid groups (broad SMARTS) is 1. The van der Waals surface area contributed by atoms with Crippen LogP contribution in [0.25, 0.3) is 0 Å². The number of aromatic amines is 1. The third-order valence-electron chi connectivity index (χ3n) is 5.72. The van der Waals surface area contributed by atoms with Crippen molar-refractivity contribution in [3.8, 4) is 0 Å². The van der Waals surface area contributed by atoms with E-state index in [1.807, 2.05) is 24.3 Å². The number of pyridine rings is 1. The number of hydrogen-bond acceptors (Lipinski definition) is 3. The standard InChI is InChI=1S/C22H27N3O4/c1-14(2)16-6-4-5-7-17(16)22(10-12-25(13-11-22)21(28)29)20(27)24-18-9-8-15(3)23-19(18)26/h4-9,14H,10-13H2,1-3H3,(H,23,26)(H,24,27)(H,28,29). The van der Waals surface area contributed by atoms with E-state index in [4.69, 9.17) is 0 Å². The molecule has 7 heteroatoms. The number of benzene rings is 1. The second-order valence-electron chi connectivity index (χ2n) is 7.93. The number of rotatable bonds is 4. The van der Waals surface area contributed by atoms with E-state index in [1.165, 1.54) is 4.90 Å². The van der Waals surface area contributed by atoms with E-state index >= 15 is 0 Å². The van der Waals surface area contributed by atoms with Gasteiger partial charge in [-0.1, -0.05) is 38.1 Å². The molecule has 1 saturated heterocycles. The van der Waals surface area contributed by atoms with Gasteiger partial charge in [-0.2, -0.15) is 0 Å². The molecule has 1 fully saturated rings. The average Bonchev–Trinajstić information content (AvgIpc) is 2.70. The largest absolute Gasteiger partial charge is 0.465 e. The van der Waals surface area contributed by atoms with Crippen LogP contribution in [0.1, 0.15) is 49.4 Å². The van der Waals surface area contributed by atoms with Gasteiger partial charge in [-0.15, -0.1) is 0 Å². The number of amides is 2. The SMILES string of the molecule is Cc1ccc(NC(=O)C2(c3ccccc3C(C)C)CCN(C(=O)O)CC2)c(=O)[nH]1. The van der Waals surface area contributed by atoms with Crippen molar-refractivity contribution in [1.82, 2.24) is 9.88 Å². The Balaban J connectivity index is 2.03. The fourth-order valence-electron chi connectivity index (χ4n) is 4.05. The van der Waals surface area contributed by atoms with E-state index in [0.717, 1.165) is 11.1 Å². The van der Waals surface area contributed by atoms with Crippen LogP contribution in [-0.2, 0) is 10.2 Å². The number of aromatic nitrogens is 1. The molecule has 3 rings (SSSR count). The van der Waals surface area contributed by atoms with Crippen LogP contribution in [0.15, 0.2) is 41.2 Å². The van der Waals surface area contributed by atoms with E-state index in [2.05, 4.69) is 24.1 Å². The van der Waals surface area contributed by atoms with Gasteiger partial charge < -0.3 is 20.3 Å². The predicted molar refractivity (Wildman–Crippen MR) is 111 cm³/mol. The first-order valence-electron chi connectivity index (χ1n) is 9.83. The van der Waals surface area contributed by atoms with E-state index < -0.39 is 11.5 Å². The van der Waals surface area contributed by atoms with Crippen LogP contribution in [0.5, 0.6) is 0 Å². The monoisotopic (exact) mass is 397 g/mol. The third-order valence-corrected chi connectivity index (χ3v) is 5.72. The van der Waals surface area contributed by atoms with Crippen molar-refractivity contribution in [3.05, 3.63) is 63.6 Å². The van der Waals surface area contributed by atoms with E-state index in [9.17, 15) is 19.5 Å². The molecule has 0 aliphatic carbocycles. The van der Waals surface area contributed by atoms with Gasteiger partial charge in [-0.3, -0.25) is 9.59 Å². The Kier molecular flexibility index (Phi) is 5.77. The van der Waals surface area contributed by atoms with Crippen molar-refractivity contribution in [1.29, 1.82) is 0 Å². The van der Waals surface area contributed by atoms with Gasteiger partial charge in [-0.25, -0.2) is 4.79 Å². The molecule has 0 unspecified atom stereocenters. The highest BCUT2D eigenvalue weighted by molar-refractivity contribution is 5.99. The minimum Gasteiger partial charge on any atom is -0.465 e. The number of nitrogens with one attached hydrogen (secondary N) is 2. The molecule has 2 amide bonds.